The number of nitrogens with zero attached hydrogens (tertiary/aromatic N) is 1. The maximum atomic E-state index is 5.84. The summed E-state index contributed by atoms with van der Waals surface area (Å²) >= 11 is 5.84. The summed E-state index contributed by atoms with van der Waals surface area (Å²) < 4.78 is 5.49. The molecule has 0 bridgehead atoms. The monoisotopic (exact) mass is 277 g/mol. The van der Waals surface area contributed by atoms with Gasteiger partial charge in [0.1, 0.15) is 5.75 Å². The number of ether oxygens (including phenoxy) is 1. The van der Waals surface area contributed by atoms with Gasteiger partial charge in [-0.3, -0.25) is 10.8 Å². The van der Waals surface area contributed by atoms with Gasteiger partial charge in [-0.25, -0.2) is 5.43 Å². The molecule has 0 saturated heterocycles. The molecular formula is C14H16ClN3O. The minimum absolute atomic E-state index is 0.197. The number of halogens is 1. The summed E-state index contributed by atoms with van der Waals surface area (Å²) in [4.78, 5) is 4.29. The van der Waals surface area contributed by atoms with Crippen LogP contribution in [0.25, 0.3) is 0 Å². The Kier molecular flexibility index (Phi) is 4.74. The zero-order valence-corrected chi connectivity index (χ0v) is 11.4. The van der Waals surface area contributed by atoms with Gasteiger partial charge in [0.25, 0.3) is 0 Å². The van der Waals surface area contributed by atoms with Crippen LogP contribution in [-0.2, 0) is 0 Å². The Labute approximate surface area is 117 Å². The molecule has 0 aliphatic heterocycles. The van der Waals surface area contributed by atoms with E-state index in [-0.39, 0.29) is 6.04 Å². The molecule has 0 radical (unpaired) electrons. The first-order valence-electron chi connectivity index (χ1n) is 6.05. The molecule has 1 unspecified atom stereocenters. The van der Waals surface area contributed by atoms with Crippen molar-refractivity contribution in [3.8, 4) is 5.75 Å². The minimum atomic E-state index is -0.197. The second-order valence-corrected chi connectivity index (χ2v) is 4.44. The average Bonchev–Trinajstić information content (AvgIpc) is 2.43. The quantitative estimate of drug-likeness (QED) is 0.652. The van der Waals surface area contributed by atoms with Gasteiger partial charge in [0.05, 0.1) is 23.4 Å². The van der Waals surface area contributed by atoms with Crippen LogP contribution < -0.4 is 16.0 Å². The number of benzene rings is 1. The normalized spacial score (nSPS) is 12.2. The highest BCUT2D eigenvalue weighted by atomic mass is 35.5. The molecular weight excluding hydrogens is 262 g/mol. The van der Waals surface area contributed by atoms with E-state index in [0.29, 0.717) is 11.6 Å². The Hall–Kier alpha value is -1.62. The number of pyridine rings is 1. The maximum absolute atomic E-state index is 5.84. The fourth-order valence-electron chi connectivity index (χ4n) is 1.86. The zero-order chi connectivity index (χ0) is 13.7. The predicted molar refractivity (Wildman–Crippen MR) is 76.0 cm³/mol. The van der Waals surface area contributed by atoms with Crippen molar-refractivity contribution in [2.24, 2.45) is 5.84 Å². The molecule has 19 heavy (non-hydrogen) atoms. The fraction of sp³-hybridized carbons (Fsp3) is 0.214. The van der Waals surface area contributed by atoms with Crippen LogP contribution in [0.3, 0.4) is 0 Å². The Morgan fingerprint density at radius 1 is 1.37 bits per heavy atom. The minimum Gasteiger partial charge on any atom is -0.494 e. The van der Waals surface area contributed by atoms with Crippen LogP contribution in [0.5, 0.6) is 5.75 Å². The Bertz CT molecular complexity index is 530. The van der Waals surface area contributed by atoms with Crippen molar-refractivity contribution in [3.63, 3.8) is 0 Å². The molecule has 0 spiro atoms. The van der Waals surface area contributed by atoms with Crippen molar-refractivity contribution >= 4 is 11.6 Å². The number of hydrogen-bond acceptors (Lipinski definition) is 4. The number of hydrazine groups is 1. The smallest absolute Gasteiger partial charge is 0.119 e. The van der Waals surface area contributed by atoms with E-state index in [2.05, 4.69) is 10.4 Å². The van der Waals surface area contributed by atoms with Gasteiger partial charge in [0.15, 0.2) is 0 Å². The summed E-state index contributed by atoms with van der Waals surface area (Å²) in [7, 11) is 0. The third kappa shape index (κ3) is 3.44. The summed E-state index contributed by atoms with van der Waals surface area (Å²) in [6.07, 6.45) is 1.60. The molecule has 3 N–H and O–H groups in total. The van der Waals surface area contributed by atoms with Gasteiger partial charge >= 0.3 is 0 Å². The van der Waals surface area contributed by atoms with Gasteiger partial charge in [-0.2, -0.15) is 0 Å². The summed E-state index contributed by atoms with van der Waals surface area (Å²) in [5.41, 5.74) is 4.56. The molecule has 0 fully saturated rings. The van der Waals surface area contributed by atoms with Crippen LogP contribution in [0.1, 0.15) is 24.2 Å². The lowest BCUT2D eigenvalue weighted by atomic mass is 10.0. The fourth-order valence-corrected chi connectivity index (χ4v) is 1.97. The topological polar surface area (TPSA) is 60.2 Å². The molecule has 0 amide bonds. The van der Waals surface area contributed by atoms with Crippen LogP contribution in [0.2, 0.25) is 5.02 Å². The molecule has 0 aliphatic carbocycles. The van der Waals surface area contributed by atoms with Gasteiger partial charge in [0.2, 0.25) is 0 Å². The Morgan fingerprint density at radius 3 is 2.84 bits per heavy atom. The Morgan fingerprint density at radius 2 is 2.21 bits per heavy atom. The number of rotatable bonds is 5. The van der Waals surface area contributed by atoms with Gasteiger partial charge in [0, 0.05) is 6.20 Å². The number of aromatic nitrogens is 1. The third-order valence-electron chi connectivity index (χ3n) is 2.72. The first kappa shape index (κ1) is 13.8. The standard InChI is InChI=1S/C14H16ClN3O/c1-2-19-12-5-3-4-10(8-12)14(18-16)13-7-6-11(15)9-17-13/h3-9,14,18H,2,16H2,1H3. The van der Waals surface area contributed by atoms with Crippen molar-refractivity contribution in [1.29, 1.82) is 0 Å². The summed E-state index contributed by atoms with van der Waals surface area (Å²) in [5.74, 6) is 6.45. The van der Waals surface area contributed by atoms with Crippen molar-refractivity contribution in [1.82, 2.24) is 10.4 Å². The maximum Gasteiger partial charge on any atom is 0.119 e. The molecule has 4 nitrogen and oxygen atoms in total. The molecule has 0 saturated carbocycles. The van der Waals surface area contributed by atoms with Crippen LogP contribution in [-0.4, -0.2) is 11.6 Å². The van der Waals surface area contributed by atoms with E-state index in [1.165, 1.54) is 0 Å². The molecule has 1 aromatic heterocycles. The predicted octanol–water partition coefficient (Wildman–Crippen LogP) is 2.69. The highest BCUT2D eigenvalue weighted by Gasteiger charge is 2.14. The molecule has 100 valence electrons. The highest BCUT2D eigenvalue weighted by Crippen LogP contribution is 2.24. The van der Waals surface area contributed by atoms with Gasteiger partial charge in [-0.05, 0) is 36.8 Å². The van der Waals surface area contributed by atoms with Gasteiger partial charge in [-0.15, -0.1) is 0 Å². The van der Waals surface area contributed by atoms with Crippen LogP contribution in [0, 0.1) is 0 Å². The zero-order valence-electron chi connectivity index (χ0n) is 10.6. The molecule has 1 heterocycles. The number of nitrogens with two attached hydrogens (primary N) is 1. The SMILES string of the molecule is CCOc1cccc(C(NN)c2ccc(Cl)cn2)c1. The average molecular weight is 278 g/mol. The van der Waals surface area contributed by atoms with E-state index >= 15 is 0 Å². The summed E-state index contributed by atoms with van der Waals surface area (Å²) in [5, 5.41) is 0.600. The van der Waals surface area contributed by atoms with E-state index in [4.69, 9.17) is 22.2 Å². The largest absolute Gasteiger partial charge is 0.494 e. The molecule has 2 rings (SSSR count). The number of hydrogen-bond donors (Lipinski definition) is 2. The lowest BCUT2D eigenvalue weighted by molar-refractivity contribution is 0.339. The van der Waals surface area contributed by atoms with E-state index in [9.17, 15) is 0 Å². The van der Waals surface area contributed by atoms with Crippen molar-refractivity contribution in [2.75, 3.05) is 6.61 Å². The third-order valence-corrected chi connectivity index (χ3v) is 2.94. The van der Waals surface area contributed by atoms with Gasteiger partial charge in [-0.1, -0.05) is 23.7 Å². The second kappa shape index (κ2) is 6.52. The van der Waals surface area contributed by atoms with Crippen LogP contribution in [0.15, 0.2) is 42.6 Å². The van der Waals surface area contributed by atoms with Crippen molar-refractivity contribution in [2.45, 2.75) is 13.0 Å². The Balaban J connectivity index is 2.30. The van der Waals surface area contributed by atoms with E-state index in [1.54, 1.807) is 12.3 Å². The molecule has 1 atom stereocenters. The van der Waals surface area contributed by atoms with Crippen molar-refractivity contribution < 1.29 is 4.74 Å². The lowest BCUT2D eigenvalue weighted by Gasteiger charge is -2.16. The lowest BCUT2D eigenvalue weighted by Crippen LogP contribution is -2.29. The molecule has 2 aromatic rings. The first-order chi connectivity index (χ1) is 9.24. The summed E-state index contributed by atoms with van der Waals surface area (Å²) in [6.45, 7) is 2.58. The second-order valence-electron chi connectivity index (χ2n) is 4.01. The highest BCUT2D eigenvalue weighted by molar-refractivity contribution is 6.30. The van der Waals surface area contributed by atoms with Crippen molar-refractivity contribution in [3.05, 3.63) is 58.9 Å². The van der Waals surface area contributed by atoms with E-state index in [1.807, 2.05) is 37.3 Å². The van der Waals surface area contributed by atoms with E-state index in [0.717, 1.165) is 17.0 Å². The van der Waals surface area contributed by atoms with Gasteiger partial charge < -0.3 is 4.74 Å². The van der Waals surface area contributed by atoms with Crippen LogP contribution in [0.4, 0.5) is 0 Å². The molecule has 5 heteroatoms. The van der Waals surface area contributed by atoms with E-state index < -0.39 is 0 Å². The first-order valence-corrected chi connectivity index (χ1v) is 6.42. The molecule has 0 aliphatic rings. The molecule has 1 aromatic carbocycles. The van der Waals surface area contributed by atoms with Crippen LogP contribution >= 0.6 is 11.6 Å². The summed E-state index contributed by atoms with van der Waals surface area (Å²) in [6, 6.07) is 11.2. The number of nitrogens with one attached hydrogen (secondary N) is 1.